The minimum Gasteiger partial charge on any atom is -0.459 e. The Morgan fingerprint density at radius 2 is 2.00 bits per heavy atom. The van der Waals surface area contributed by atoms with Crippen LogP contribution in [0, 0.1) is 6.92 Å². The number of nitrogen functional groups attached to an aromatic ring is 1. The highest BCUT2D eigenvalue weighted by atomic mass is 16.5. The van der Waals surface area contributed by atoms with E-state index >= 15 is 0 Å². The standard InChI is InChI=1S/C16H19N7O2/c1-11-9-14(20-16(17)18-11)23-6-4-22(5-7-23)10-13-19-15(25-21-13)12-3-2-8-24-12/h2-3,8-9H,4-7,10H2,1H3,(H2,17,18,20). The van der Waals surface area contributed by atoms with Gasteiger partial charge in [-0.2, -0.15) is 9.97 Å². The molecule has 25 heavy (non-hydrogen) atoms. The lowest BCUT2D eigenvalue weighted by molar-refractivity contribution is 0.240. The molecular weight excluding hydrogens is 322 g/mol. The quantitative estimate of drug-likeness (QED) is 0.751. The second-order valence-corrected chi connectivity index (χ2v) is 5.98. The largest absolute Gasteiger partial charge is 0.459 e. The first-order chi connectivity index (χ1) is 12.2. The van der Waals surface area contributed by atoms with E-state index in [0.29, 0.717) is 30.0 Å². The van der Waals surface area contributed by atoms with Crippen molar-refractivity contribution in [2.24, 2.45) is 0 Å². The maximum Gasteiger partial charge on any atom is 0.293 e. The molecule has 0 saturated carbocycles. The normalized spacial score (nSPS) is 15.6. The molecular formula is C16H19N7O2. The van der Waals surface area contributed by atoms with Gasteiger partial charge < -0.3 is 19.6 Å². The van der Waals surface area contributed by atoms with Gasteiger partial charge in [-0.3, -0.25) is 4.90 Å². The number of aromatic nitrogens is 4. The lowest BCUT2D eigenvalue weighted by atomic mass is 10.3. The first kappa shape index (κ1) is 15.6. The second kappa shape index (κ2) is 6.52. The molecule has 4 heterocycles. The number of furan rings is 1. The molecule has 0 bridgehead atoms. The molecule has 0 spiro atoms. The van der Waals surface area contributed by atoms with Crippen LogP contribution >= 0.6 is 0 Å². The smallest absolute Gasteiger partial charge is 0.293 e. The summed E-state index contributed by atoms with van der Waals surface area (Å²) in [6.45, 7) is 6.05. The molecule has 0 atom stereocenters. The van der Waals surface area contributed by atoms with Crippen LogP contribution in [0.5, 0.6) is 0 Å². The van der Waals surface area contributed by atoms with Crippen molar-refractivity contribution in [1.82, 2.24) is 25.0 Å². The van der Waals surface area contributed by atoms with E-state index in [2.05, 4.69) is 29.9 Å². The Kier molecular flexibility index (Phi) is 4.06. The SMILES string of the molecule is Cc1cc(N2CCN(Cc3noc(-c4ccco4)n3)CC2)nc(N)n1. The number of anilines is 2. The summed E-state index contributed by atoms with van der Waals surface area (Å²) in [6.07, 6.45) is 1.58. The summed E-state index contributed by atoms with van der Waals surface area (Å²) in [5.41, 5.74) is 6.62. The highest BCUT2D eigenvalue weighted by molar-refractivity contribution is 5.44. The zero-order chi connectivity index (χ0) is 17.2. The van der Waals surface area contributed by atoms with Crippen LogP contribution in [0.1, 0.15) is 11.5 Å². The lowest BCUT2D eigenvalue weighted by Crippen LogP contribution is -2.46. The van der Waals surface area contributed by atoms with Gasteiger partial charge in [0.2, 0.25) is 5.95 Å². The fourth-order valence-corrected chi connectivity index (χ4v) is 2.89. The summed E-state index contributed by atoms with van der Waals surface area (Å²) >= 11 is 0. The number of piperazine rings is 1. The Morgan fingerprint density at radius 3 is 2.72 bits per heavy atom. The monoisotopic (exact) mass is 341 g/mol. The van der Waals surface area contributed by atoms with E-state index in [4.69, 9.17) is 14.7 Å². The number of hydrogen-bond donors (Lipinski definition) is 1. The van der Waals surface area contributed by atoms with Crippen molar-refractivity contribution in [3.05, 3.63) is 36.0 Å². The van der Waals surface area contributed by atoms with Gasteiger partial charge in [-0.25, -0.2) is 4.98 Å². The zero-order valence-corrected chi connectivity index (χ0v) is 13.9. The summed E-state index contributed by atoms with van der Waals surface area (Å²) < 4.78 is 10.5. The van der Waals surface area contributed by atoms with Crippen molar-refractivity contribution >= 4 is 11.8 Å². The average Bonchev–Trinajstić information content (AvgIpc) is 3.26. The van der Waals surface area contributed by atoms with E-state index in [1.165, 1.54) is 0 Å². The molecule has 4 rings (SSSR count). The Morgan fingerprint density at radius 1 is 1.16 bits per heavy atom. The minimum absolute atomic E-state index is 0.315. The first-order valence-corrected chi connectivity index (χ1v) is 8.12. The predicted molar refractivity (Wildman–Crippen MR) is 90.7 cm³/mol. The van der Waals surface area contributed by atoms with Gasteiger partial charge >= 0.3 is 0 Å². The molecule has 0 amide bonds. The number of nitrogens with zero attached hydrogens (tertiary/aromatic N) is 6. The van der Waals surface area contributed by atoms with Gasteiger partial charge in [0.25, 0.3) is 5.89 Å². The van der Waals surface area contributed by atoms with E-state index < -0.39 is 0 Å². The van der Waals surface area contributed by atoms with Gasteiger partial charge in [0, 0.05) is 37.9 Å². The Bertz CT molecular complexity index is 818. The van der Waals surface area contributed by atoms with Crippen LogP contribution in [0.2, 0.25) is 0 Å². The fraction of sp³-hybridized carbons (Fsp3) is 0.375. The summed E-state index contributed by atoms with van der Waals surface area (Å²) in [5, 5.41) is 4.03. The number of hydrogen-bond acceptors (Lipinski definition) is 9. The molecule has 3 aromatic heterocycles. The van der Waals surface area contributed by atoms with Gasteiger partial charge in [0.05, 0.1) is 12.8 Å². The average molecular weight is 341 g/mol. The number of rotatable bonds is 4. The Balaban J connectivity index is 1.36. The van der Waals surface area contributed by atoms with Crippen molar-refractivity contribution < 1.29 is 8.94 Å². The van der Waals surface area contributed by atoms with Crippen LogP contribution < -0.4 is 10.6 Å². The molecule has 9 nitrogen and oxygen atoms in total. The topological polar surface area (TPSA) is 110 Å². The van der Waals surface area contributed by atoms with E-state index in [0.717, 1.165) is 37.7 Å². The van der Waals surface area contributed by atoms with Crippen molar-refractivity contribution in [3.8, 4) is 11.7 Å². The molecule has 130 valence electrons. The second-order valence-electron chi connectivity index (χ2n) is 5.98. The van der Waals surface area contributed by atoms with Gasteiger partial charge in [0.1, 0.15) is 5.82 Å². The van der Waals surface area contributed by atoms with E-state index in [-0.39, 0.29) is 0 Å². The van der Waals surface area contributed by atoms with Gasteiger partial charge in [0.15, 0.2) is 11.6 Å². The zero-order valence-electron chi connectivity index (χ0n) is 13.9. The molecule has 0 aromatic carbocycles. The van der Waals surface area contributed by atoms with Crippen LogP contribution in [-0.2, 0) is 6.54 Å². The van der Waals surface area contributed by atoms with Gasteiger partial charge in [-0.05, 0) is 19.1 Å². The van der Waals surface area contributed by atoms with Crippen LogP contribution in [0.3, 0.4) is 0 Å². The molecule has 0 radical (unpaired) electrons. The van der Waals surface area contributed by atoms with Crippen molar-refractivity contribution in [2.75, 3.05) is 36.8 Å². The number of aryl methyl sites for hydroxylation is 1. The van der Waals surface area contributed by atoms with E-state index in [1.807, 2.05) is 13.0 Å². The Labute approximate surface area is 144 Å². The third-order valence-corrected chi connectivity index (χ3v) is 4.12. The summed E-state index contributed by atoms with van der Waals surface area (Å²) in [4.78, 5) is 17.3. The van der Waals surface area contributed by atoms with Gasteiger partial charge in [-0.1, -0.05) is 5.16 Å². The third-order valence-electron chi connectivity index (χ3n) is 4.12. The van der Waals surface area contributed by atoms with E-state index in [1.54, 1.807) is 18.4 Å². The van der Waals surface area contributed by atoms with Gasteiger partial charge in [-0.15, -0.1) is 0 Å². The molecule has 1 aliphatic rings. The minimum atomic E-state index is 0.315. The number of nitrogens with two attached hydrogens (primary N) is 1. The summed E-state index contributed by atoms with van der Waals surface area (Å²) in [6, 6.07) is 5.55. The van der Waals surface area contributed by atoms with Crippen LogP contribution in [0.15, 0.2) is 33.4 Å². The lowest BCUT2D eigenvalue weighted by Gasteiger charge is -2.34. The molecule has 1 fully saturated rings. The maximum absolute atomic E-state index is 5.74. The first-order valence-electron chi connectivity index (χ1n) is 8.12. The maximum atomic E-state index is 5.74. The van der Waals surface area contributed by atoms with Crippen LogP contribution in [-0.4, -0.2) is 51.2 Å². The van der Waals surface area contributed by atoms with Crippen molar-refractivity contribution in [2.45, 2.75) is 13.5 Å². The highest BCUT2D eigenvalue weighted by Crippen LogP contribution is 2.19. The van der Waals surface area contributed by atoms with Crippen molar-refractivity contribution in [1.29, 1.82) is 0 Å². The highest BCUT2D eigenvalue weighted by Gasteiger charge is 2.21. The van der Waals surface area contributed by atoms with E-state index in [9.17, 15) is 0 Å². The molecule has 2 N–H and O–H groups in total. The fourth-order valence-electron chi connectivity index (χ4n) is 2.89. The molecule has 1 saturated heterocycles. The molecule has 0 aliphatic carbocycles. The van der Waals surface area contributed by atoms with Crippen LogP contribution in [0.25, 0.3) is 11.7 Å². The summed E-state index contributed by atoms with van der Waals surface area (Å²) in [5.74, 6) is 2.84. The molecule has 1 aliphatic heterocycles. The Hall–Kier alpha value is -2.94. The third kappa shape index (κ3) is 3.45. The van der Waals surface area contributed by atoms with Crippen LogP contribution in [0.4, 0.5) is 11.8 Å². The molecule has 0 unspecified atom stereocenters. The summed E-state index contributed by atoms with van der Waals surface area (Å²) in [7, 11) is 0. The molecule has 3 aromatic rings. The predicted octanol–water partition coefficient (Wildman–Crippen LogP) is 1.33. The molecule has 9 heteroatoms. The van der Waals surface area contributed by atoms with Crippen molar-refractivity contribution in [3.63, 3.8) is 0 Å².